The second kappa shape index (κ2) is 7.33. The number of halogens is 1. The van der Waals surface area contributed by atoms with Crippen LogP contribution < -0.4 is 5.32 Å². The molecule has 0 saturated carbocycles. The lowest BCUT2D eigenvalue weighted by atomic mass is 10.0. The molecule has 1 amide bonds. The van der Waals surface area contributed by atoms with Crippen LogP contribution in [0.5, 0.6) is 0 Å². The van der Waals surface area contributed by atoms with Crippen LogP contribution in [-0.4, -0.2) is 11.8 Å². The number of carbonyl (C=O) groups excluding carboxylic acids is 1. The third-order valence-corrected chi connectivity index (χ3v) is 3.04. The highest BCUT2D eigenvalue weighted by atomic mass is 35.5. The topological polar surface area (TPSA) is 29.1 Å². The number of hydrogen-bond donors (Lipinski definition) is 1. The molecule has 0 radical (unpaired) electrons. The molecule has 2 nitrogen and oxygen atoms in total. The van der Waals surface area contributed by atoms with Gasteiger partial charge in [-0.2, -0.15) is 0 Å². The van der Waals surface area contributed by atoms with E-state index in [0.717, 1.165) is 18.5 Å². The van der Waals surface area contributed by atoms with Gasteiger partial charge >= 0.3 is 0 Å². The summed E-state index contributed by atoms with van der Waals surface area (Å²) in [6.07, 6.45) is 2.48. The fraction of sp³-hybridized carbons (Fsp3) is 0.500. The molecule has 3 heteroatoms. The Kier molecular flexibility index (Phi) is 6.06. The summed E-state index contributed by atoms with van der Waals surface area (Å²) in [4.78, 5) is 11.7. The van der Waals surface area contributed by atoms with Crippen LogP contribution in [0.1, 0.15) is 32.3 Å². The van der Waals surface area contributed by atoms with Crippen molar-refractivity contribution < 1.29 is 4.79 Å². The normalized spacial score (nSPS) is 12.2. The third kappa shape index (κ3) is 5.22. The fourth-order valence-corrected chi connectivity index (χ4v) is 1.75. The first kappa shape index (κ1) is 14.0. The molecular weight excluding hydrogens is 234 g/mol. The highest BCUT2D eigenvalue weighted by molar-refractivity contribution is 6.17. The van der Waals surface area contributed by atoms with Gasteiger partial charge in [0.25, 0.3) is 0 Å². The van der Waals surface area contributed by atoms with Crippen molar-refractivity contribution in [2.75, 3.05) is 11.2 Å². The van der Waals surface area contributed by atoms with Crippen LogP contribution in [0, 0.1) is 5.92 Å². The van der Waals surface area contributed by atoms with E-state index in [1.54, 1.807) is 0 Å². The molecule has 0 aliphatic heterocycles. The zero-order chi connectivity index (χ0) is 12.7. The SMILES string of the molecule is CCC(C)CC(=O)Nc1ccc(CCCl)cc1. The zero-order valence-corrected chi connectivity index (χ0v) is 11.3. The van der Waals surface area contributed by atoms with Gasteiger partial charge in [-0.3, -0.25) is 4.79 Å². The van der Waals surface area contributed by atoms with Gasteiger partial charge < -0.3 is 5.32 Å². The molecule has 0 heterocycles. The van der Waals surface area contributed by atoms with Crippen molar-refractivity contribution in [1.29, 1.82) is 0 Å². The number of carbonyl (C=O) groups is 1. The van der Waals surface area contributed by atoms with Gasteiger partial charge in [0.05, 0.1) is 0 Å². The van der Waals surface area contributed by atoms with Crippen molar-refractivity contribution in [1.82, 2.24) is 0 Å². The monoisotopic (exact) mass is 253 g/mol. The van der Waals surface area contributed by atoms with Crippen LogP contribution in [0.25, 0.3) is 0 Å². The molecule has 1 rings (SSSR count). The van der Waals surface area contributed by atoms with Gasteiger partial charge in [0.1, 0.15) is 0 Å². The lowest BCUT2D eigenvalue weighted by molar-refractivity contribution is -0.117. The van der Waals surface area contributed by atoms with E-state index in [1.165, 1.54) is 5.56 Å². The standard InChI is InChI=1S/C14H20ClNO/c1-3-11(2)10-14(17)16-13-6-4-12(5-7-13)8-9-15/h4-7,11H,3,8-10H2,1-2H3,(H,16,17). The maximum atomic E-state index is 11.7. The molecule has 0 spiro atoms. The number of aryl methyl sites for hydroxylation is 1. The molecule has 0 fully saturated rings. The molecule has 0 aliphatic rings. The molecule has 94 valence electrons. The van der Waals surface area contributed by atoms with Gasteiger partial charge in [-0.15, -0.1) is 11.6 Å². The summed E-state index contributed by atoms with van der Waals surface area (Å²) in [7, 11) is 0. The van der Waals surface area contributed by atoms with E-state index < -0.39 is 0 Å². The lowest BCUT2D eigenvalue weighted by Gasteiger charge is -2.09. The van der Waals surface area contributed by atoms with Crippen LogP contribution in [-0.2, 0) is 11.2 Å². The molecule has 1 N–H and O–H groups in total. The number of amides is 1. The summed E-state index contributed by atoms with van der Waals surface area (Å²) >= 11 is 5.66. The van der Waals surface area contributed by atoms with E-state index in [4.69, 9.17) is 11.6 Å². The predicted octanol–water partition coefficient (Wildman–Crippen LogP) is 3.84. The van der Waals surface area contributed by atoms with Gasteiger partial charge in [0.2, 0.25) is 5.91 Å². The summed E-state index contributed by atoms with van der Waals surface area (Å²) in [6.45, 7) is 4.18. The van der Waals surface area contributed by atoms with E-state index >= 15 is 0 Å². The smallest absolute Gasteiger partial charge is 0.224 e. The van der Waals surface area contributed by atoms with Crippen LogP contribution in [0.2, 0.25) is 0 Å². The molecule has 1 aromatic carbocycles. The molecule has 0 aromatic heterocycles. The molecule has 1 aromatic rings. The van der Waals surface area contributed by atoms with Gasteiger partial charge in [-0.05, 0) is 30.0 Å². The van der Waals surface area contributed by atoms with E-state index in [-0.39, 0.29) is 5.91 Å². The van der Waals surface area contributed by atoms with Crippen LogP contribution in [0.3, 0.4) is 0 Å². The zero-order valence-electron chi connectivity index (χ0n) is 10.5. The van der Waals surface area contributed by atoms with Crippen molar-refractivity contribution in [2.45, 2.75) is 33.1 Å². The van der Waals surface area contributed by atoms with E-state index in [9.17, 15) is 4.79 Å². The summed E-state index contributed by atoms with van der Waals surface area (Å²) in [5, 5.41) is 2.90. The average Bonchev–Trinajstić information content (AvgIpc) is 2.31. The van der Waals surface area contributed by atoms with Crippen LogP contribution in [0.4, 0.5) is 5.69 Å². The number of hydrogen-bond acceptors (Lipinski definition) is 1. The van der Waals surface area contributed by atoms with Crippen molar-refractivity contribution in [2.24, 2.45) is 5.92 Å². The Balaban J connectivity index is 2.48. The van der Waals surface area contributed by atoms with E-state index in [2.05, 4.69) is 19.2 Å². The summed E-state index contributed by atoms with van der Waals surface area (Å²) in [5.41, 5.74) is 2.05. The van der Waals surface area contributed by atoms with Gasteiger partial charge in [0.15, 0.2) is 0 Å². The first-order valence-electron chi connectivity index (χ1n) is 6.10. The van der Waals surface area contributed by atoms with Gasteiger partial charge in [0, 0.05) is 18.0 Å². The highest BCUT2D eigenvalue weighted by Crippen LogP contribution is 2.13. The van der Waals surface area contributed by atoms with Crippen molar-refractivity contribution >= 4 is 23.2 Å². The minimum absolute atomic E-state index is 0.0874. The maximum Gasteiger partial charge on any atom is 0.224 e. The number of nitrogens with one attached hydrogen (secondary N) is 1. The largest absolute Gasteiger partial charge is 0.326 e. The van der Waals surface area contributed by atoms with Crippen molar-refractivity contribution in [3.05, 3.63) is 29.8 Å². The summed E-state index contributed by atoms with van der Waals surface area (Å²) in [6, 6.07) is 7.86. The lowest BCUT2D eigenvalue weighted by Crippen LogP contribution is -2.14. The number of benzene rings is 1. The quantitative estimate of drug-likeness (QED) is 0.767. The molecule has 0 aliphatic carbocycles. The Labute approximate surface area is 108 Å². The maximum absolute atomic E-state index is 11.7. The second-order valence-electron chi connectivity index (χ2n) is 4.40. The van der Waals surface area contributed by atoms with E-state index in [1.807, 2.05) is 24.3 Å². The van der Waals surface area contributed by atoms with Crippen LogP contribution in [0.15, 0.2) is 24.3 Å². The minimum atomic E-state index is 0.0874. The number of rotatable bonds is 6. The summed E-state index contributed by atoms with van der Waals surface area (Å²) in [5.74, 6) is 1.15. The Morgan fingerprint density at radius 1 is 1.35 bits per heavy atom. The first-order chi connectivity index (χ1) is 8.15. The number of anilines is 1. The molecule has 1 atom stereocenters. The first-order valence-corrected chi connectivity index (χ1v) is 6.64. The minimum Gasteiger partial charge on any atom is -0.326 e. The van der Waals surface area contributed by atoms with E-state index in [0.29, 0.717) is 18.2 Å². The number of alkyl halides is 1. The van der Waals surface area contributed by atoms with Crippen LogP contribution >= 0.6 is 11.6 Å². The fourth-order valence-electron chi connectivity index (χ4n) is 1.54. The van der Waals surface area contributed by atoms with Crippen molar-refractivity contribution in [3.8, 4) is 0 Å². The Hall–Kier alpha value is -1.02. The molecule has 1 unspecified atom stereocenters. The Bertz CT molecular complexity index is 348. The Morgan fingerprint density at radius 3 is 2.53 bits per heavy atom. The third-order valence-electron chi connectivity index (χ3n) is 2.85. The average molecular weight is 254 g/mol. The van der Waals surface area contributed by atoms with Gasteiger partial charge in [-0.25, -0.2) is 0 Å². The molecule has 0 bridgehead atoms. The predicted molar refractivity (Wildman–Crippen MR) is 73.6 cm³/mol. The summed E-state index contributed by atoms with van der Waals surface area (Å²) < 4.78 is 0. The molecular formula is C14H20ClNO. The second-order valence-corrected chi connectivity index (χ2v) is 4.78. The Morgan fingerprint density at radius 2 is 2.00 bits per heavy atom. The molecule has 17 heavy (non-hydrogen) atoms. The highest BCUT2D eigenvalue weighted by Gasteiger charge is 2.07. The molecule has 0 saturated heterocycles. The van der Waals surface area contributed by atoms with Gasteiger partial charge in [-0.1, -0.05) is 32.4 Å². The van der Waals surface area contributed by atoms with Crippen molar-refractivity contribution in [3.63, 3.8) is 0 Å².